The molecule has 0 radical (unpaired) electrons. The Morgan fingerprint density at radius 2 is 2.05 bits per heavy atom. The van der Waals surface area contributed by atoms with E-state index in [9.17, 15) is 13.6 Å². The Hall–Kier alpha value is -1.49. The van der Waals surface area contributed by atoms with Crippen LogP contribution in [0.15, 0.2) is 18.2 Å². The molecule has 1 aliphatic rings. The van der Waals surface area contributed by atoms with Crippen LogP contribution in [0.1, 0.15) is 29.6 Å². The van der Waals surface area contributed by atoms with E-state index in [1.165, 1.54) is 6.07 Å². The van der Waals surface area contributed by atoms with E-state index in [2.05, 4.69) is 10.6 Å². The fourth-order valence-corrected chi connectivity index (χ4v) is 2.50. The molecule has 0 unspecified atom stereocenters. The zero-order valence-corrected chi connectivity index (χ0v) is 10.9. The van der Waals surface area contributed by atoms with Crippen molar-refractivity contribution in [3.8, 4) is 0 Å². The van der Waals surface area contributed by atoms with Crippen LogP contribution in [0.5, 0.6) is 0 Å². The summed E-state index contributed by atoms with van der Waals surface area (Å²) in [5, 5.41) is 5.86. The van der Waals surface area contributed by atoms with Gasteiger partial charge in [0.2, 0.25) is 0 Å². The van der Waals surface area contributed by atoms with E-state index in [4.69, 9.17) is 0 Å². The molecule has 0 heterocycles. The number of nitrogens with one attached hydrogen (secondary N) is 2. The molecule has 1 amide bonds. The minimum atomic E-state index is -0.825. The summed E-state index contributed by atoms with van der Waals surface area (Å²) < 4.78 is 26.2. The van der Waals surface area contributed by atoms with E-state index in [0.29, 0.717) is 6.54 Å². The zero-order chi connectivity index (χ0) is 13.9. The van der Waals surface area contributed by atoms with Crippen molar-refractivity contribution in [1.82, 2.24) is 10.6 Å². The standard InChI is InChI=1S/C14H18F2N2O/c1-17-8-14(5-2-6-14)9-18-13(19)11-4-3-10(15)7-12(11)16/h3-4,7,17H,2,5-6,8-9H2,1H3,(H,18,19). The van der Waals surface area contributed by atoms with Crippen LogP contribution in [-0.4, -0.2) is 26.0 Å². The highest BCUT2D eigenvalue weighted by Gasteiger charge is 2.36. The molecule has 0 aromatic heterocycles. The van der Waals surface area contributed by atoms with Crippen molar-refractivity contribution in [2.75, 3.05) is 20.1 Å². The number of carbonyl (C=O) groups excluding carboxylic acids is 1. The molecule has 1 fully saturated rings. The van der Waals surface area contributed by atoms with Crippen molar-refractivity contribution < 1.29 is 13.6 Å². The Bertz CT molecular complexity index is 473. The molecule has 0 bridgehead atoms. The molecule has 1 aromatic carbocycles. The third kappa shape index (κ3) is 3.10. The highest BCUT2D eigenvalue weighted by Crippen LogP contribution is 2.39. The van der Waals surface area contributed by atoms with Crippen molar-refractivity contribution in [2.45, 2.75) is 19.3 Å². The summed E-state index contributed by atoms with van der Waals surface area (Å²) in [6.45, 7) is 1.35. The molecule has 5 heteroatoms. The first-order valence-corrected chi connectivity index (χ1v) is 6.44. The number of amides is 1. The largest absolute Gasteiger partial charge is 0.351 e. The summed E-state index contributed by atoms with van der Waals surface area (Å²) in [7, 11) is 1.88. The second kappa shape index (κ2) is 5.65. The fourth-order valence-electron chi connectivity index (χ4n) is 2.50. The van der Waals surface area contributed by atoms with Gasteiger partial charge in [0.25, 0.3) is 5.91 Å². The topological polar surface area (TPSA) is 41.1 Å². The van der Waals surface area contributed by atoms with Crippen molar-refractivity contribution >= 4 is 5.91 Å². The smallest absolute Gasteiger partial charge is 0.254 e. The first kappa shape index (κ1) is 13.9. The molecule has 2 N–H and O–H groups in total. The van der Waals surface area contributed by atoms with Gasteiger partial charge in [-0.25, -0.2) is 8.78 Å². The van der Waals surface area contributed by atoms with Gasteiger partial charge in [-0.2, -0.15) is 0 Å². The van der Waals surface area contributed by atoms with Gasteiger partial charge in [0.1, 0.15) is 11.6 Å². The van der Waals surface area contributed by atoms with Crippen molar-refractivity contribution in [3.05, 3.63) is 35.4 Å². The van der Waals surface area contributed by atoms with Crippen LogP contribution in [0.3, 0.4) is 0 Å². The van der Waals surface area contributed by atoms with Gasteiger partial charge >= 0.3 is 0 Å². The molecule has 0 saturated heterocycles. The number of rotatable bonds is 5. The van der Waals surface area contributed by atoms with Crippen LogP contribution in [0, 0.1) is 17.0 Å². The maximum Gasteiger partial charge on any atom is 0.254 e. The van der Waals surface area contributed by atoms with Gasteiger partial charge in [0.15, 0.2) is 0 Å². The van der Waals surface area contributed by atoms with Gasteiger partial charge in [0.05, 0.1) is 5.56 Å². The number of benzene rings is 1. The lowest BCUT2D eigenvalue weighted by molar-refractivity contribution is 0.0858. The Morgan fingerprint density at radius 1 is 1.32 bits per heavy atom. The van der Waals surface area contributed by atoms with Gasteiger partial charge in [-0.05, 0) is 32.0 Å². The predicted molar refractivity (Wildman–Crippen MR) is 68.9 cm³/mol. The lowest BCUT2D eigenvalue weighted by Crippen LogP contribution is -2.47. The Morgan fingerprint density at radius 3 is 2.58 bits per heavy atom. The highest BCUT2D eigenvalue weighted by atomic mass is 19.1. The van der Waals surface area contributed by atoms with E-state index in [-0.39, 0.29) is 11.0 Å². The molecule has 1 aromatic rings. The Balaban J connectivity index is 1.97. The first-order chi connectivity index (χ1) is 9.06. The summed E-state index contributed by atoms with van der Waals surface area (Å²) >= 11 is 0. The fraction of sp³-hybridized carbons (Fsp3) is 0.500. The van der Waals surface area contributed by atoms with E-state index in [0.717, 1.165) is 37.9 Å². The first-order valence-electron chi connectivity index (χ1n) is 6.44. The Kier molecular flexibility index (Phi) is 4.14. The van der Waals surface area contributed by atoms with Gasteiger partial charge < -0.3 is 10.6 Å². The molecule has 0 atom stereocenters. The minimum absolute atomic E-state index is 0.0842. The third-order valence-electron chi connectivity index (χ3n) is 3.77. The number of hydrogen-bond donors (Lipinski definition) is 2. The predicted octanol–water partition coefficient (Wildman–Crippen LogP) is 2.08. The molecule has 104 valence electrons. The molecule has 3 nitrogen and oxygen atoms in total. The molecular formula is C14H18F2N2O. The molecule has 1 saturated carbocycles. The molecule has 19 heavy (non-hydrogen) atoms. The maximum atomic E-state index is 13.5. The maximum absolute atomic E-state index is 13.5. The van der Waals surface area contributed by atoms with Crippen LogP contribution < -0.4 is 10.6 Å². The summed E-state index contributed by atoms with van der Waals surface area (Å²) in [6, 6.07) is 2.98. The van der Waals surface area contributed by atoms with Crippen LogP contribution >= 0.6 is 0 Å². The van der Waals surface area contributed by atoms with Crippen LogP contribution in [0.4, 0.5) is 8.78 Å². The van der Waals surface area contributed by atoms with Gasteiger partial charge in [0, 0.05) is 24.6 Å². The third-order valence-corrected chi connectivity index (χ3v) is 3.77. The van der Waals surface area contributed by atoms with Crippen LogP contribution in [-0.2, 0) is 0 Å². The van der Waals surface area contributed by atoms with Crippen molar-refractivity contribution in [1.29, 1.82) is 0 Å². The lowest BCUT2D eigenvalue weighted by Gasteiger charge is -2.42. The van der Waals surface area contributed by atoms with Gasteiger partial charge in [-0.1, -0.05) is 6.42 Å². The Labute approximate surface area is 111 Å². The number of hydrogen-bond acceptors (Lipinski definition) is 2. The summed E-state index contributed by atoms with van der Waals surface area (Å²) in [5.41, 5.74) is -0.0266. The zero-order valence-electron chi connectivity index (χ0n) is 10.9. The second-order valence-electron chi connectivity index (χ2n) is 5.19. The van der Waals surface area contributed by atoms with Crippen molar-refractivity contribution in [3.63, 3.8) is 0 Å². The molecular weight excluding hydrogens is 250 g/mol. The molecule has 1 aliphatic carbocycles. The van der Waals surface area contributed by atoms with Gasteiger partial charge in [-0.3, -0.25) is 4.79 Å². The average molecular weight is 268 g/mol. The molecule has 0 aliphatic heterocycles. The lowest BCUT2D eigenvalue weighted by atomic mass is 9.68. The normalized spacial score (nSPS) is 16.8. The van der Waals surface area contributed by atoms with Gasteiger partial charge in [-0.15, -0.1) is 0 Å². The second-order valence-corrected chi connectivity index (χ2v) is 5.19. The highest BCUT2D eigenvalue weighted by molar-refractivity contribution is 5.94. The van der Waals surface area contributed by atoms with Crippen LogP contribution in [0.2, 0.25) is 0 Å². The average Bonchev–Trinajstić information content (AvgIpc) is 2.32. The summed E-state index contributed by atoms with van der Waals surface area (Å²) in [6.07, 6.45) is 3.27. The van der Waals surface area contributed by atoms with E-state index in [1.54, 1.807) is 0 Å². The monoisotopic (exact) mass is 268 g/mol. The number of halogens is 2. The van der Waals surface area contributed by atoms with Crippen molar-refractivity contribution in [2.24, 2.45) is 5.41 Å². The summed E-state index contributed by atoms with van der Waals surface area (Å²) in [4.78, 5) is 11.9. The number of carbonyl (C=O) groups is 1. The molecule has 2 rings (SSSR count). The van der Waals surface area contributed by atoms with E-state index in [1.807, 2.05) is 7.05 Å². The van der Waals surface area contributed by atoms with E-state index >= 15 is 0 Å². The SMILES string of the molecule is CNCC1(CNC(=O)c2ccc(F)cc2F)CCC1. The minimum Gasteiger partial charge on any atom is -0.351 e. The molecule has 0 spiro atoms. The quantitative estimate of drug-likeness (QED) is 0.858. The summed E-state index contributed by atoms with van der Waals surface area (Å²) in [5.74, 6) is -1.99. The van der Waals surface area contributed by atoms with Crippen LogP contribution in [0.25, 0.3) is 0 Å². The van der Waals surface area contributed by atoms with E-state index < -0.39 is 17.5 Å².